The van der Waals surface area contributed by atoms with Gasteiger partial charge in [0.25, 0.3) is 0 Å². The van der Waals surface area contributed by atoms with E-state index in [2.05, 4.69) is 0 Å². The fourth-order valence-corrected chi connectivity index (χ4v) is 5.79. The van der Waals surface area contributed by atoms with Crippen LogP contribution in [0.5, 0.6) is 0 Å². The van der Waals surface area contributed by atoms with Crippen LogP contribution in [0.2, 0.25) is 0 Å². The molecule has 0 saturated carbocycles. The van der Waals surface area contributed by atoms with Crippen molar-refractivity contribution in [1.29, 1.82) is 0 Å². The lowest BCUT2D eigenvalue weighted by molar-refractivity contribution is -0.186. The molecule has 3 rings (SSSR count). The number of carbonyl (C=O) groups excluding carboxylic acids is 1. The Bertz CT molecular complexity index is 937. The van der Waals surface area contributed by atoms with Crippen LogP contribution in [-0.4, -0.2) is 43.7 Å². The minimum Gasteiger partial charge on any atom is -0.335 e. The highest BCUT2D eigenvalue weighted by molar-refractivity contribution is 7.98. The summed E-state index contributed by atoms with van der Waals surface area (Å²) in [5.74, 6) is -1.15. The van der Waals surface area contributed by atoms with Gasteiger partial charge in [-0.2, -0.15) is 13.2 Å². The summed E-state index contributed by atoms with van der Waals surface area (Å²) in [6, 6.07) is 16.4. The average molecular weight is 444 g/mol. The third kappa shape index (κ3) is 5.33. The quantitative estimate of drug-likeness (QED) is 0.647. The molecule has 1 aliphatic heterocycles. The summed E-state index contributed by atoms with van der Waals surface area (Å²) >= 11 is 1.59. The molecule has 2 aromatic rings. The predicted molar refractivity (Wildman–Crippen MR) is 105 cm³/mol. The molecule has 0 atom stereocenters. The Morgan fingerprint density at radius 3 is 2.14 bits per heavy atom. The van der Waals surface area contributed by atoms with Gasteiger partial charge in [0.1, 0.15) is 0 Å². The van der Waals surface area contributed by atoms with Gasteiger partial charge in [0.2, 0.25) is 0 Å². The van der Waals surface area contributed by atoms with Crippen molar-refractivity contribution in [3.8, 4) is 0 Å². The van der Waals surface area contributed by atoms with Crippen LogP contribution in [0.25, 0.3) is 0 Å². The van der Waals surface area contributed by atoms with Gasteiger partial charge in [-0.25, -0.2) is 8.42 Å². The van der Waals surface area contributed by atoms with E-state index in [1.807, 2.05) is 30.3 Å². The number of halogens is 3. The smallest absolute Gasteiger partial charge is 0.335 e. The van der Waals surface area contributed by atoms with Gasteiger partial charge >= 0.3 is 12.1 Å². The second-order valence-corrected chi connectivity index (χ2v) is 10.1. The molecular weight excluding hydrogens is 423 g/mol. The second-order valence-electron chi connectivity index (χ2n) is 6.78. The SMILES string of the molecule is O=C(N1CCC(S(=O)(=O)c2ccc(SCc3ccccc3)cc2)CC1)C(F)(F)F. The van der Waals surface area contributed by atoms with E-state index in [0.717, 1.165) is 16.2 Å². The van der Waals surface area contributed by atoms with Crippen LogP contribution in [0, 0.1) is 0 Å². The number of benzene rings is 2. The summed E-state index contributed by atoms with van der Waals surface area (Å²) in [6.07, 6.45) is -4.94. The van der Waals surface area contributed by atoms with Crippen molar-refractivity contribution in [3.63, 3.8) is 0 Å². The van der Waals surface area contributed by atoms with Gasteiger partial charge in [0, 0.05) is 23.7 Å². The highest BCUT2D eigenvalue weighted by Crippen LogP contribution is 2.29. The minimum atomic E-state index is -4.93. The summed E-state index contributed by atoms with van der Waals surface area (Å²) in [4.78, 5) is 13.1. The Labute approximate surface area is 172 Å². The first-order chi connectivity index (χ1) is 13.7. The van der Waals surface area contributed by atoms with Gasteiger partial charge in [0.05, 0.1) is 10.1 Å². The predicted octanol–water partition coefficient (Wildman–Crippen LogP) is 4.31. The van der Waals surface area contributed by atoms with Gasteiger partial charge in [-0.3, -0.25) is 4.79 Å². The lowest BCUT2D eigenvalue weighted by Crippen LogP contribution is -2.47. The van der Waals surface area contributed by atoms with Crippen LogP contribution < -0.4 is 0 Å². The highest BCUT2D eigenvalue weighted by Gasteiger charge is 2.44. The molecule has 1 aliphatic rings. The molecule has 1 saturated heterocycles. The number of carbonyl (C=O) groups is 1. The van der Waals surface area contributed by atoms with Crippen LogP contribution in [0.3, 0.4) is 0 Å². The number of rotatable bonds is 5. The maximum Gasteiger partial charge on any atom is 0.471 e. The van der Waals surface area contributed by atoms with Gasteiger partial charge in [-0.15, -0.1) is 11.8 Å². The fraction of sp³-hybridized carbons (Fsp3) is 0.350. The maximum atomic E-state index is 12.8. The van der Waals surface area contributed by atoms with Crippen LogP contribution in [0.4, 0.5) is 13.2 Å². The number of hydrogen-bond acceptors (Lipinski definition) is 4. The van der Waals surface area contributed by atoms with Crippen molar-refractivity contribution in [1.82, 2.24) is 4.90 Å². The van der Waals surface area contributed by atoms with E-state index in [9.17, 15) is 26.4 Å². The molecule has 9 heteroatoms. The molecule has 0 radical (unpaired) electrons. The average Bonchev–Trinajstić information content (AvgIpc) is 2.72. The third-order valence-corrected chi connectivity index (χ3v) is 8.17. The summed E-state index contributed by atoms with van der Waals surface area (Å²) in [7, 11) is -3.66. The lowest BCUT2D eigenvalue weighted by atomic mass is 10.1. The number of likely N-dealkylation sites (tertiary alicyclic amines) is 1. The van der Waals surface area contributed by atoms with Crippen molar-refractivity contribution < 1.29 is 26.4 Å². The van der Waals surface area contributed by atoms with Crippen LogP contribution in [0.1, 0.15) is 18.4 Å². The Balaban J connectivity index is 1.60. The van der Waals surface area contributed by atoms with Crippen molar-refractivity contribution in [2.45, 2.75) is 39.8 Å². The van der Waals surface area contributed by atoms with E-state index in [1.54, 1.807) is 23.9 Å². The van der Waals surface area contributed by atoms with Gasteiger partial charge in [-0.05, 0) is 42.7 Å². The molecule has 1 amide bonds. The van der Waals surface area contributed by atoms with Crippen molar-refractivity contribution in [3.05, 3.63) is 60.2 Å². The number of thioether (sulfide) groups is 1. The van der Waals surface area contributed by atoms with Gasteiger partial charge in [0.15, 0.2) is 9.84 Å². The summed E-state index contributed by atoms with van der Waals surface area (Å²) in [5.41, 5.74) is 1.16. The van der Waals surface area contributed by atoms with E-state index in [4.69, 9.17) is 0 Å². The monoisotopic (exact) mass is 443 g/mol. The summed E-state index contributed by atoms with van der Waals surface area (Å²) < 4.78 is 63.2. The normalized spacial score (nSPS) is 16.0. The highest BCUT2D eigenvalue weighted by atomic mass is 32.2. The largest absolute Gasteiger partial charge is 0.471 e. The second kappa shape index (κ2) is 8.79. The van der Waals surface area contributed by atoms with Crippen LogP contribution in [0.15, 0.2) is 64.4 Å². The summed E-state index contributed by atoms with van der Waals surface area (Å²) in [5, 5.41) is -0.789. The number of hydrogen-bond donors (Lipinski definition) is 0. The molecule has 1 fully saturated rings. The molecule has 156 valence electrons. The zero-order chi connectivity index (χ0) is 21.1. The molecular formula is C20H20F3NO3S2. The minimum absolute atomic E-state index is 0.00530. The fourth-order valence-electron chi connectivity index (χ4n) is 3.21. The molecule has 0 unspecified atom stereocenters. The van der Waals surface area contributed by atoms with Crippen molar-refractivity contribution in [2.75, 3.05) is 13.1 Å². The molecule has 0 N–H and O–H groups in total. The van der Waals surface area contributed by atoms with E-state index in [0.29, 0.717) is 4.90 Å². The van der Waals surface area contributed by atoms with E-state index in [1.165, 1.54) is 12.1 Å². The maximum absolute atomic E-state index is 12.8. The Morgan fingerprint density at radius 1 is 1.00 bits per heavy atom. The Kier molecular flexibility index (Phi) is 6.58. The molecule has 2 aromatic carbocycles. The van der Waals surface area contributed by atoms with Crippen molar-refractivity contribution in [2.24, 2.45) is 0 Å². The number of amides is 1. The van der Waals surface area contributed by atoms with Crippen molar-refractivity contribution >= 4 is 27.5 Å². The molecule has 0 spiro atoms. The zero-order valence-electron chi connectivity index (χ0n) is 15.4. The number of sulfone groups is 1. The van der Waals surface area contributed by atoms with E-state index in [-0.39, 0.29) is 30.8 Å². The van der Waals surface area contributed by atoms with Crippen LogP contribution in [-0.2, 0) is 20.4 Å². The standard InChI is InChI=1S/C20H20F3NO3S2/c21-20(22,23)19(25)24-12-10-18(11-13-24)29(26,27)17-8-6-16(7-9-17)28-14-15-4-2-1-3-5-15/h1-9,18H,10-14H2. The van der Waals surface area contributed by atoms with E-state index < -0.39 is 27.2 Å². The van der Waals surface area contributed by atoms with E-state index >= 15 is 0 Å². The molecule has 4 nitrogen and oxygen atoms in total. The first-order valence-corrected chi connectivity index (χ1v) is 11.6. The first kappa shape index (κ1) is 21.7. The number of piperidine rings is 1. The molecule has 0 bridgehead atoms. The number of alkyl halides is 3. The van der Waals surface area contributed by atoms with Gasteiger partial charge in [-0.1, -0.05) is 30.3 Å². The first-order valence-electron chi connectivity index (χ1n) is 9.05. The molecule has 1 heterocycles. The Hall–Kier alpha value is -2.00. The lowest BCUT2D eigenvalue weighted by Gasteiger charge is -2.32. The van der Waals surface area contributed by atoms with Gasteiger partial charge < -0.3 is 4.90 Å². The third-order valence-electron chi connectivity index (χ3n) is 4.81. The Morgan fingerprint density at radius 2 is 1.59 bits per heavy atom. The summed E-state index contributed by atoms with van der Waals surface area (Å²) in [6.45, 7) is -0.430. The zero-order valence-corrected chi connectivity index (χ0v) is 17.1. The topological polar surface area (TPSA) is 54.5 Å². The molecule has 0 aromatic heterocycles. The number of nitrogens with zero attached hydrogens (tertiary/aromatic N) is 1. The van der Waals surface area contributed by atoms with Crippen LogP contribution >= 0.6 is 11.8 Å². The molecule has 29 heavy (non-hydrogen) atoms. The molecule has 0 aliphatic carbocycles.